The van der Waals surface area contributed by atoms with Crippen LogP contribution in [0, 0.1) is 13.8 Å². The van der Waals surface area contributed by atoms with Gasteiger partial charge >= 0.3 is 0 Å². The second kappa shape index (κ2) is 9.43. The van der Waals surface area contributed by atoms with Crippen molar-refractivity contribution in [2.24, 2.45) is 0 Å². The molecule has 29 heavy (non-hydrogen) atoms. The Morgan fingerprint density at radius 2 is 1.66 bits per heavy atom. The Balaban J connectivity index is 1.90. The van der Waals surface area contributed by atoms with Gasteiger partial charge < -0.3 is 20.1 Å². The van der Waals surface area contributed by atoms with Crippen LogP contribution in [0.25, 0.3) is 0 Å². The second-order valence-corrected chi connectivity index (χ2v) is 7.34. The van der Waals surface area contributed by atoms with Crippen molar-refractivity contribution in [2.75, 3.05) is 16.8 Å². The van der Waals surface area contributed by atoms with Crippen LogP contribution in [0.5, 0.6) is 11.5 Å². The molecule has 0 aliphatic rings. The number of phenols is 1. The molecule has 2 N–H and O–H groups in total. The summed E-state index contributed by atoms with van der Waals surface area (Å²) in [6.45, 7) is 7.15. The number of nitrogens with one attached hydrogen (secondary N) is 1. The molecule has 3 aromatic rings. The van der Waals surface area contributed by atoms with Gasteiger partial charge in [0.1, 0.15) is 11.5 Å². The topological polar surface area (TPSA) is 44.7 Å². The second-order valence-electron chi connectivity index (χ2n) is 6.95. The quantitative estimate of drug-likeness (QED) is 0.506. The van der Waals surface area contributed by atoms with Crippen LogP contribution in [0.1, 0.15) is 23.6 Å². The van der Waals surface area contributed by atoms with Gasteiger partial charge in [0.15, 0.2) is 5.11 Å². The maximum atomic E-state index is 10.3. The van der Waals surface area contributed by atoms with Crippen LogP contribution in [0.3, 0.4) is 0 Å². The molecule has 3 rings (SSSR count). The summed E-state index contributed by atoms with van der Waals surface area (Å²) in [6, 6.07) is 21.4. The SMILES string of the molecule is CCOc1ccc(N(Cc2ccccc2O)C(=S)Nc2cc(C)cc(C)c2)cc1. The fourth-order valence-corrected chi connectivity index (χ4v) is 3.51. The number of benzene rings is 3. The summed E-state index contributed by atoms with van der Waals surface area (Å²) in [4.78, 5) is 1.97. The van der Waals surface area contributed by atoms with Gasteiger partial charge in [0.2, 0.25) is 0 Å². The number of phenolic OH excluding ortho intramolecular Hbond substituents is 1. The Morgan fingerprint density at radius 1 is 1.00 bits per heavy atom. The molecule has 0 amide bonds. The molecule has 0 unspecified atom stereocenters. The van der Waals surface area contributed by atoms with Crippen LogP contribution in [0.15, 0.2) is 66.7 Å². The fraction of sp³-hybridized carbons (Fsp3) is 0.208. The number of nitrogens with zero attached hydrogens (tertiary/aromatic N) is 1. The van der Waals surface area contributed by atoms with Crippen LogP contribution in [-0.4, -0.2) is 16.8 Å². The predicted octanol–water partition coefficient (Wildman–Crippen LogP) is 5.81. The number of anilines is 2. The van der Waals surface area contributed by atoms with E-state index in [1.807, 2.05) is 54.3 Å². The van der Waals surface area contributed by atoms with E-state index in [1.54, 1.807) is 6.07 Å². The zero-order chi connectivity index (χ0) is 20.8. The van der Waals surface area contributed by atoms with Crippen molar-refractivity contribution in [2.45, 2.75) is 27.3 Å². The van der Waals surface area contributed by atoms with E-state index < -0.39 is 0 Å². The van der Waals surface area contributed by atoms with Crippen molar-refractivity contribution in [1.29, 1.82) is 0 Å². The average Bonchev–Trinajstić information content (AvgIpc) is 2.67. The lowest BCUT2D eigenvalue weighted by Crippen LogP contribution is -2.34. The summed E-state index contributed by atoms with van der Waals surface area (Å²) in [7, 11) is 0. The van der Waals surface area contributed by atoms with E-state index in [1.165, 1.54) is 11.1 Å². The normalized spacial score (nSPS) is 10.4. The van der Waals surface area contributed by atoms with E-state index >= 15 is 0 Å². The summed E-state index contributed by atoms with van der Waals surface area (Å²) in [5.74, 6) is 1.06. The molecule has 0 atom stereocenters. The molecule has 0 spiro atoms. The number of aromatic hydroxyl groups is 1. The van der Waals surface area contributed by atoms with Crippen LogP contribution in [-0.2, 0) is 6.54 Å². The Hall–Kier alpha value is -3.05. The first-order valence-electron chi connectivity index (χ1n) is 9.63. The molecular weight excluding hydrogens is 380 g/mol. The van der Waals surface area contributed by atoms with Gasteiger partial charge in [0, 0.05) is 16.9 Å². The third-order valence-electron chi connectivity index (χ3n) is 4.50. The molecule has 0 radical (unpaired) electrons. The number of hydrogen-bond donors (Lipinski definition) is 2. The summed E-state index contributed by atoms with van der Waals surface area (Å²) >= 11 is 5.75. The Morgan fingerprint density at radius 3 is 2.28 bits per heavy atom. The van der Waals surface area contributed by atoms with Crippen LogP contribution in [0.2, 0.25) is 0 Å². The molecule has 0 fully saturated rings. The zero-order valence-corrected chi connectivity index (χ0v) is 17.8. The molecule has 150 valence electrons. The number of para-hydroxylation sites is 1. The van der Waals surface area contributed by atoms with Crippen molar-refractivity contribution >= 4 is 28.7 Å². The van der Waals surface area contributed by atoms with E-state index in [9.17, 15) is 5.11 Å². The van der Waals surface area contributed by atoms with E-state index in [0.29, 0.717) is 18.3 Å². The molecule has 5 heteroatoms. The van der Waals surface area contributed by atoms with Crippen LogP contribution in [0.4, 0.5) is 11.4 Å². The predicted molar refractivity (Wildman–Crippen MR) is 124 cm³/mol. The number of thiocarbonyl (C=S) groups is 1. The van der Waals surface area contributed by atoms with Gasteiger partial charge in [-0.25, -0.2) is 0 Å². The third-order valence-corrected chi connectivity index (χ3v) is 4.82. The number of ether oxygens (including phenoxy) is 1. The molecule has 0 aliphatic heterocycles. The first kappa shape index (κ1) is 20.7. The highest BCUT2D eigenvalue weighted by Gasteiger charge is 2.15. The van der Waals surface area contributed by atoms with E-state index in [2.05, 4.69) is 37.4 Å². The van der Waals surface area contributed by atoms with Gasteiger partial charge in [-0.15, -0.1) is 0 Å². The number of rotatable bonds is 6. The van der Waals surface area contributed by atoms with Crippen LogP contribution < -0.4 is 15.0 Å². The molecular formula is C24H26N2O2S. The van der Waals surface area contributed by atoms with Gasteiger partial charge in [-0.3, -0.25) is 0 Å². The van der Waals surface area contributed by atoms with E-state index in [-0.39, 0.29) is 5.75 Å². The minimum Gasteiger partial charge on any atom is -0.508 e. The summed E-state index contributed by atoms with van der Waals surface area (Å²) in [5, 5.41) is 14.2. The Kier molecular flexibility index (Phi) is 6.73. The summed E-state index contributed by atoms with van der Waals surface area (Å²) in [5.41, 5.74) is 5.00. The van der Waals surface area contributed by atoms with Crippen molar-refractivity contribution in [3.8, 4) is 11.5 Å². The fourth-order valence-electron chi connectivity index (χ4n) is 3.22. The third kappa shape index (κ3) is 5.48. The van der Waals surface area contributed by atoms with E-state index in [0.717, 1.165) is 22.7 Å². The van der Waals surface area contributed by atoms with Gasteiger partial charge in [-0.05, 0) is 86.6 Å². The summed E-state index contributed by atoms with van der Waals surface area (Å²) < 4.78 is 5.55. The van der Waals surface area contributed by atoms with Crippen molar-refractivity contribution < 1.29 is 9.84 Å². The molecule has 0 heterocycles. The Labute approximate surface area is 177 Å². The lowest BCUT2D eigenvalue weighted by atomic mass is 10.1. The smallest absolute Gasteiger partial charge is 0.178 e. The molecule has 0 aliphatic carbocycles. The van der Waals surface area contributed by atoms with E-state index in [4.69, 9.17) is 17.0 Å². The number of hydrogen-bond acceptors (Lipinski definition) is 3. The first-order valence-corrected chi connectivity index (χ1v) is 10.0. The highest BCUT2D eigenvalue weighted by molar-refractivity contribution is 7.80. The van der Waals surface area contributed by atoms with Gasteiger partial charge in [0.05, 0.1) is 13.2 Å². The van der Waals surface area contributed by atoms with Crippen molar-refractivity contribution in [1.82, 2.24) is 0 Å². The summed E-state index contributed by atoms with van der Waals surface area (Å²) in [6.07, 6.45) is 0. The van der Waals surface area contributed by atoms with Gasteiger partial charge in [0.25, 0.3) is 0 Å². The maximum Gasteiger partial charge on any atom is 0.178 e. The minimum atomic E-state index is 0.248. The minimum absolute atomic E-state index is 0.248. The molecule has 3 aromatic carbocycles. The monoisotopic (exact) mass is 406 g/mol. The van der Waals surface area contributed by atoms with Crippen molar-refractivity contribution in [3.05, 3.63) is 83.4 Å². The average molecular weight is 407 g/mol. The van der Waals surface area contributed by atoms with Crippen molar-refractivity contribution in [3.63, 3.8) is 0 Å². The Bertz CT molecular complexity index is 966. The van der Waals surface area contributed by atoms with Crippen LogP contribution >= 0.6 is 12.2 Å². The highest BCUT2D eigenvalue weighted by atomic mass is 32.1. The zero-order valence-electron chi connectivity index (χ0n) is 17.0. The maximum absolute atomic E-state index is 10.3. The lowest BCUT2D eigenvalue weighted by Gasteiger charge is -2.27. The van der Waals surface area contributed by atoms with Gasteiger partial charge in [-0.2, -0.15) is 0 Å². The molecule has 4 nitrogen and oxygen atoms in total. The molecule has 0 aromatic heterocycles. The number of aryl methyl sites for hydroxylation is 2. The molecule has 0 saturated carbocycles. The lowest BCUT2D eigenvalue weighted by molar-refractivity contribution is 0.340. The molecule has 0 bridgehead atoms. The molecule has 0 saturated heterocycles. The van der Waals surface area contributed by atoms with Gasteiger partial charge in [-0.1, -0.05) is 24.3 Å². The highest BCUT2D eigenvalue weighted by Crippen LogP contribution is 2.26. The standard InChI is InChI=1S/C24H26N2O2S/c1-4-28-22-11-9-21(10-12-22)26(16-19-7-5-6-8-23(19)27)24(29)25-20-14-17(2)13-18(3)15-20/h5-15,27H,4,16H2,1-3H3,(H,25,29). The largest absolute Gasteiger partial charge is 0.508 e. The first-order chi connectivity index (χ1) is 14.0.